The molecule has 1 atom stereocenters. The molecule has 0 saturated carbocycles. The van der Waals surface area contributed by atoms with Crippen LogP contribution in [0.5, 0.6) is 0 Å². The summed E-state index contributed by atoms with van der Waals surface area (Å²) in [5.74, 6) is -1.03. The van der Waals surface area contributed by atoms with Gasteiger partial charge in [-0.15, -0.1) is 0 Å². The summed E-state index contributed by atoms with van der Waals surface area (Å²) in [6.07, 6.45) is -0.248. The second-order valence-electron chi connectivity index (χ2n) is 5.14. The van der Waals surface area contributed by atoms with Gasteiger partial charge < -0.3 is 10.1 Å². The molecule has 0 aliphatic rings. The number of amides is 1. The summed E-state index contributed by atoms with van der Waals surface area (Å²) in [5, 5.41) is 2.68. The molecule has 5 heteroatoms. The zero-order valence-corrected chi connectivity index (χ0v) is 12.9. The van der Waals surface area contributed by atoms with Gasteiger partial charge in [-0.05, 0) is 38.1 Å². The standard InChI is InChI=1S/C18H17NO4/c1-12-3-9-16(10-4-12)19-17(21)13(2)23-18(22)15-7-5-14(11-20)6-8-15/h3-11,13H,1-2H3,(H,19,21)/t13-/m0/s1. The highest BCUT2D eigenvalue weighted by Gasteiger charge is 2.19. The van der Waals surface area contributed by atoms with Gasteiger partial charge in [-0.25, -0.2) is 4.79 Å². The highest BCUT2D eigenvalue weighted by atomic mass is 16.5. The van der Waals surface area contributed by atoms with Gasteiger partial charge in [0.1, 0.15) is 6.29 Å². The van der Waals surface area contributed by atoms with Crippen molar-refractivity contribution in [1.29, 1.82) is 0 Å². The molecule has 0 aliphatic carbocycles. The first-order chi connectivity index (χ1) is 11.0. The number of anilines is 1. The van der Waals surface area contributed by atoms with E-state index >= 15 is 0 Å². The Balaban J connectivity index is 1.95. The van der Waals surface area contributed by atoms with E-state index in [2.05, 4.69) is 5.32 Å². The molecule has 0 spiro atoms. The van der Waals surface area contributed by atoms with Crippen molar-refractivity contribution in [3.8, 4) is 0 Å². The third-order valence-electron chi connectivity index (χ3n) is 3.25. The topological polar surface area (TPSA) is 72.5 Å². The number of rotatable bonds is 5. The molecule has 0 bridgehead atoms. The number of esters is 1. The van der Waals surface area contributed by atoms with Gasteiger partial charge in [-0.2, -0.15) is 0 Å². The Bertz CT molecular complexity index is 705. The number of benzene rings is 2. The predicted octanol–water partition coefficient (Wildman–Crippen LogP) is 2.99. The number of carbonyl (C=O) groups is 3. The van der Waals surface area contributed by atoms with E-state index < -0.39 is 18.0 Å². The van der Waals surface area contributed by atoms with E-state index in [4.69, 9.17) is 4.74 Å². The number of ether oxygens (including phenoxy) is 1. The van der Waals surface area contributed by atoms with Crippen molar-refractivity contribution in [2.24, 2.45) is 0 Å². The van der Waals surface area contributed by atoms with E-state index in [1.807, 2.05) is 19.1 Å². The van der Waals surface area contributed by atoms with Crippen molar-refractivity contribution >= 4 is 23.9 Å². The fourth-order valence-corrected chi connectivity index (χ4v) is 1.86. The number of hydrogen-bond donors (Lipinski definition) is 1. The molecule has 0 heterocycles. The molecular weight excluding hydrogens is 294 g/mol. The third-order valence-corrected chi connectivity index (χ3v) is 3.25. The second kappa shape index (κ2) is 7.35. The molecule has 0 unspecified atom stereocenters. The predicted molar refractivity (Wildman–Crippen MR) is 86.5 cm³/mol. The highest BCUT2D eigenvalue weighted by Crippen LogP contribution is 2.11. The lowest BCUT2D eigenvalue weighted by Gasteiger charge is -2.13. The van der Waals surface area contributed by atoms with Crippen LogP contribution in [0.3, 0.4) is 0 Å². The number of hydrogen-bond acceptors (Lipinski definition) is 4. The lowest BCUT2D eigenvalue weighted by molar-refractivity contribution is -0.123. The maximum Gasteiger partial charge on any atom is 0.338 e. The molecular formula is C18H17NO4. The van der Waals surface area contributed by atoms with Crippen LogP contribution >= 0.6 is 0 Å². The van der Waals surface area contributed by atoms with E-state index in [1.54, 1.807) is 12.1 Å². The SMILES string of the molecule is Cc1ccc(NC(=O)[C@H](C)OC(=O)c2ccc(C=O)cc2)cc1. The van der Waals surface area contributed by atoms with E-state index in [0.717, 1.165) is 5.56 Å². The first kappa shape index (κ1) is 16.4. The average molecular weight is 311 g/mol. The normalized spacial score (nSPS) is 11.4. The summed E-state index contributed by atoms with van der Waals surface area (Å²) in [6.45, 7) is 3.45. The molecule has 2 aromatic carbocycles. The van der Waals surface area contributed by atoms with Gasteiger partial charge in [-0.3, -0.25) is 9.59 Å². The number of carbonyl (C=O) groups excluding carboxylic acids is 3. The molecule has 1 N–H and O–H groups in total. The van der Waals surface area contributed by atoms with Crippen molar-refractivity contribution in [2.45, 2.75) is 20.0 Å². The van der Waals surface area contributed by atoms with Crippen molar-refractivity contribution < 1.29 is 19.1 Å². The smallest absolute Gasteiger partial charge is 0.338 e. The molecule has 0 radical (unpaired) electrons. The number of nitrogens with one attached hydrogen (secondary N) is 1. The van der Waals surface area contributed by atoms with E-state index in [9.17, 15) is 14.4 Å². The molecule has 2 aromatic rings. The van der Waals surface area contributed by atoms with Crippen LogP contribution in [0, 0.1) is 6.92 Å². The van der Waals surface area contributed by atoms with Crippen LogP contribution < -0.4 is 5.32 Å². The highest BCUT2D eigenvalue weighted by molar-refractivity contribution is 5.97. The van der Waals surface area contributed by atoms with Crippen LogP contribution in [0.4, 0.5) is 5.69 Å². The monoisotopic (exact) mass is 311 g/mol. The number of aldehydes is 1. The minimum Gasteiger partial charge on any atom is -0.449 e. The number of aryl methyl sites for hydroxylation is 1. The zero-order chi connectivity index (χ0) is 16.8. The maximum absolute atomic E-state index is 12.0. The quantitative estimate of drug-likeness (QED) is 0.680. The Morgan fingerprint density at radius 1 is 1.04 bits per heavy atom. The minimum atomic E-state index is -0.936. The van der Waals surface area contributed by atoms with Crippen LogP contribution in [0.2, 0.25) is 0 Å². The van der Waals surface area contributed by atoms with E-state index in [0.29, 0.717) is 17.5 Å². The van der Waals surface area contributed by atoms with Gasteiger partial charge in [0, 0.05) is 11.3 Å². The third kappa shape index (κ3) is 4.51. The summed E-state index contributed by atoms with van der Waals surface area (Å²) in [7, 11) is 0. The van der Waals surface area contributed by atoms with Crippen LogP contribution in [0.25, 0.3) is 0 Å². The van der Waals surface area contributed by atoms with Crippen LogP contribution in [0.1, 0.15) is 33.2 Å². The Kier molecular flexibility index (Phi) is 5.25. The molecule has 1 amide bonds. The zero-order valence-electron chi connectivity index (χ0n) is 12.9. The first-order valence-electron chi connectivity index (χ1n) is 7.13. The van der Waals surface area contributed by atoms with Crippen LogP contribution in [0.15, 0.2) is 48.5 Å². The second-order valence-corrected chi connectivity index (χ2v) is 5.14. The lowest BCUT2D eigenvalue weighted by Crippen LogP contribution is -2.30. The van der Waals surface area contributed by atoms with Crippen molar-refractivity contribution in [2.75, 3.05) is 5.32 Å². The summed E-state index contributed by atoms with van der Waals surface area (Å²) in [5.41, 5.74) is 2.47. The molecule has 0 aromatic heterocycles. The van der Waals surface area contributed by atoms with Gasteiger partial charge in [-0.1, -0.05) is 29.8 Å². The Morgan fingerprint density at radius 3 is 2.22 bits per heavy atom. The average Bonchev–Trinajstić information content (AvgIpc) is 2.56. The van der Waals surface area contributed by atoms with Gasteiger partial charge in [0.05, 0.1) is 5.56 Å². The molecule has 0 fully saturated rings. The van der Waals surface area contributed by atoms with Crippen molar-refractivity contribution in [1.82, 2.24) is 0 Å². The summed E-state index contributed by atoms with van der Waals surface area (Å²) < 4.78 is 5.13. The fraction of sp³-hybridized carbons (Fsp3) is 0.167. The maximum atomic E-state index is 12.0. The van der Waals surface area contributed by atoms with Gasteiger partial charge in [0.2, 0.25) is 0 Å². The van der Waals surface area contributed by atoms with Crippen LogP contribution in [-0.4, -0.2) is 24.3 Å². The van der Waals surface area contributed by atoms with Crippen LogP contribution in [-0.2, 0) is 9.53 Å². The molecule has 0 saturated heterocycles. The van der Waals surface area contributed by atoms with E-state index in [-0.39, 0.29) is 5.56 Å². The Labute approximate surface area is 134 Å². The first-order valence-corrected chi connectivity index (χ1v) is 7.13. The largest absolute Gasteiger partial charge is 0.449 e. The lowest BCUT2D eigenvalue weighted by atomic mass is 10.1. The fourth-order valence-electron chi connectivity index (χ4n) is 1.86. The van der Waals surface area contributed by atoms with Crippen molar-refractivity contribution in [3.63, 3.8) is 0 Å². The molecule has 23 heavy (non-hydrogen) atoms. The van der Waals surface area contributed by atoms with E-state index in [1.165, 1.54) is 31.2 Å². The molecule has 0 aliphatic heterocycles. The Hall–Kier alpha value is -2.95. The molecule has 5 nitrogen and oxygen atoms in total. The summed E-state index contributed by atoms with van der Waals surface area (Å²) in [6, 6.07) is 13.3. The minimum absolute atomic E-state index is 0.283. The van der Waals surface area contributed by atoms with Gasteiger partial charge in [0.25, 0.3) is 5.91 Å². The Morgan fingerprint density at radius 2 is 1.65 bits per heavy atom. The van der Waals surface area contributed by atoms with Gasteiger partial charge in [0.15, 0.2) is 6.10 Å². The molecule has 118 valence electrons. The van der Waals surface area contributed by atoms with Crippen molar-refractivity contribution in [3.05, 3.63) is 65.2 Å². The summed E-state index contributed by atoms with van der Waals surface area (Å²) in [4.78, 5) is 34.6. The summed E-state index contributed by atoms with van der Waals surface area (Å²) >= 11 is 0. The van der Waals surface area contributed by atoms with Gasteiger partial charge >= 0.3 is 5.97 Å². The molecule has 2 rings (SSSR count).